The van der Waals surface area contributed by atoms with Gasteiger partial charge in [0, 0.05) is 0 Å². The molecule has 0 fully saturated rings. The second-order valence-corrected chi connectivity index (χ2v) is 6.71. The topological polar surface area (TPSA) is 431 Å². The Morgan fingerprint density at radius 2 is 0.276 bits per heavy atom. The van der Waals surface area contributed by atoms with Crippen molar-refractivity contribution in [1.82, 2.24) is 0 Å². The first kappa shape index (κ1) is 58.7. The summed E-state index contributed by atoms with van der Waals surface area (Å²) >= 11 is 0. The molecule has 0 N–H and O–H groups in total. The molecule has 29 heteroatoms. The summed E-state index contributed by atoms with van der Waals surface area (Å²) in [5.41, 5.74) is 0. The van der Waals surface area contributed by atoms with E-state index in [1.807, 2.05) is 0 Å². The maximum Gasteiger partial charge on any atom is 4.00 e. The Labute approximate surface area is 239 Å². The maximum absolute atomic E-state index is 8.55. The van der Waals surface area contributed by atoms with Gasteiger partial charge in [-0.2, -0.15) is 39.1 Å². The largest absolute Gasteiger partial charge is 4.00 e. The molecule has 0 heterocycles. The van der Waals surface area contributed by atoms with Crippen molar-refractivity contribution < 1.29 is 203 Å². The van der Waals surface area contributed by atoms with Crippen LogP contribution in [0.25, 0.3) is 0 Å². The van der Waals surface area contributed by atoms with Crippen molar-refractivity contribution in [3.8, 4) is 0 Å². The number of hydrogen-bond acceptors (Lipinski definition) is 20. The molecule has 0 saturated heterocycles. The summed E-state index contributed by atoms with van der Waals surface area (Å²) in [5.74, 6) is 0. The van der Waals surface area contributed by atoms with Gasteiger partial charge >= 0.3 is 107 Å². The van der Waals surface area contributed by atoms with Crippen LogP contribution >= 0.6 is 39.1 Å². The van der Waals surface area contributed by atoms with Crippen molar-refractivity contribution in [3.63, 3.8) is 0 Å². The molecular weight excluding hydrogens is 759 g/mol. The molecule has 0 aromatic rings. The SMILES string of the molecule is O=P([O-])([O-])[O-].O=P([O-])([O-])[O-].O=P([O-])([O-])[O-].O=P([O-])([O-])[O-].O=P([O-])([O-])[O-].[Ce+3].[Ti+4].[Ti+4].[Ti+4]. The Hall–Kier alpha value is 4.07. The Balaban J connectivity index is -0.0000000238. The van der Waals surface area contributed by atoms with Crippen LogP contribution in [0.4, 0.5) is 0 Å². The molecule has 0 aromatic carbocycles. The molecule has 0 aliphatic rings. The predicted molar refractivity (Wildman–Crippen MR) is 38.0 cm³/mol. The van der Waals surface area contributed by atoms with E-state index in [-0.39, 0.29) is 107 Å². The van der Waals surface area contributed by atoms with Crippen molar-refractivity contribution in [2.24, 2.45) is 0 Å². The van der Waals surface area contributed by atoms with E-state index in [1.54, 1.807) is 0 Å². The van der Waals surface area contributed by atoms with Gasteiger partial charge < -0.3 is 96.2 Å². The summed E-state index contributed by atoms with van der Waals surface area (Å²) in [6, 6.07) is 0. The third kappa shape index (κ3) is 1750. The smallest absolute Gasteiger partial charge is 0.822 e. The van der Waals surface area contributed by atoms with Gasteiger partial charge in [-0.05, 0) is 0 Å². The molecule has 0 amide bonds. The van der Waals surface area contributed by atoms with Crippen molar-refractivity contribution in [2.75, 3.05) is 0 Å². The van der Waals surface area contributed by atoms with Crippen LogP contribution in [0.2, 0.25) is 0 Å². The number of phosphoric acid groups is 5. The minimum absolute atomic E-state index is 0. The normalized spacial score (nSPS) is 10.2. The summed E-state index contributed by atoms with van der Waals surface area (Å²) in [4.78, 5) is 128. The Bertz CT molecular complexity index is 385. The Kier molecular flexibility index (Phi) is 54.0. The summed E-state index contributed by atoms with van der Waals surface area (Å²) in [6.07, 6.45) is 0. The minimum atomic E-state index is -5.39. The standard InChI is InChI=1S/Ce.5H3O4P.3Ti/c;5*1-5(2,3)4;;;/h;5*(H3,1,2,3,4);;;/q+3;;;;;;3*+4/p-15. The van der Waals surface area contributed by atoms with E-state index in [9.17, 15) is 0 Å². The van der Waals surface area contributed by atoms with Crippen LogP contribution in [0.1, 0.15) is 0 Å². The van der Waals surface area contributed by atoms with Gasteiger partial charge in [0.2, 0.25) is 0 Å². The third-order valence-corrected chi connectivity index (χ3v) is 0. The monoisotopic (exact) mass is 759 g/mol. The Morgan fingerprint density at radius 1 is 0.276 bits per heavy atom. The fourth-order valence-corrected chi connectivity index (χ4v) is 0. The third-order valence-electron chi connectivity index (χ3n) is 0. The minimum Gasteiger partial charge on any atom is -0.822 e. The maximum atomic E-state index is 8.55. The molecule has 0 aliphatic heterocycles. The average molecular weight is 759 g/mol. The van der Waals surface area contributed by atoms with Crippen molar-refractivity contribution in [1.29, 1.82) is 0 Å². The average Bonchev–Trinajstić information content (AvgIpc) is 1.79. The molecule has 29 heavy (non-hydrogen) atoms. The summed E-state index contributed by atoms with van der Waals surface area (Å²) in [5, 5.41) is 0. The summed E-state index contributed by atoms with van der Waals surface area (Å²) in [6.45, 7) is 0. The van der Waals surface area contributed by atoms with E-state index >= 15 is 0 Å². The van der Waals surface area contributed by atoms with Crippen LogP contribution < -0.4 is 73.4 Å². The van der Waals surface area contributed by atoms with Gasteiger partial charge in [-0.15, -0.1) is 0 Å². The van der Waals surface area contributed by atoms with E-state index < -0.39 is 39.1 Å². The molecule has 161 valence electrons. The van der Waals surface area contributed by atoms with E-state index in [1.165, 1.54) is 0 Å². The molecular formula is CeO20P5Ti3. The van der Waals surface area contributed by atoms with Gasteiger partial charge in [0.1, 0.15) is 0 Å². The van der Waals surface area contributed by atoms with E-state index in [4.69, 9.17) is 96.2 Å². The van der Waals surface area contributed by atoms with Gasteiger partial charge in [0.05, 0.1) is 0 Å². The summed E-state index contributed by atoms with van der Waals surface area (Å²) in [7, 11) is -26.9. The van der Waals surface area contributed by atoms with Crippen molar-refractivity contribution in [2.45, 2.75) is 0 Å². The van der Waals surface area contributed by atoms with E-state index in [2.05, 4.69) is 0 Å². The number of rotatable bonds is 0. The number of hydrogen-bond donors (Lipinski definition) is 0. The van der Waals surface area contributed by atoms with Gasteiger partial charge in [-0.25, -0.2) is 0 Å². The molecule has 1 radical (unpaired) electrons. The molecule has 0 bridgehead atoms. The Morgan fingerprint density at radius 3 is 0.276 bits per heavy atom. The van der Waals surface area contributed by atoms with E-state index in [0.717, 1.165) is 0 Å². The first-order valence-electron chi connectivity index (χ1n) is 3.65. The van der Waals surface area contributed by atoms with Crippen molar-refractivity contribution >= 4 is 39.1 Å². The first-order valence-corrected chi connectivity index (χ1v) is 11.0. The van der Waals surface area contributed by atoms with Crippen LogP contribution in [0.3, 0.4) is 0 Å². The molecule has 0 aliphatic carbocycles. The predicted octanol–water partition coefficient (Wildman–Crippen LogP) is -14.1. The van der Waals surface area contributed by atoms with Crippen molar-refractivity contribution in [3.05, 3.63) is 0 Å². The molecule has 0 rings (SSSR count). The van der Waals surface area contributed by atoms with Crippen LogP contribution in [-0.2, 0) is 88.0 Å². The molecule has 0 atom stereocenters. The zero-order chi connectivity index (χ0) is 22.5. The molecule has 0 aromatic heterocycles. The van der Waals surface area contributed by atoms with Gasteiger partial charge in [0.15, 0.2) is 0 Å². The zero-order valence-corrected chi connectivity index (χ0v) is 24.7. The van der Waals surface area contributed by atoms with E-state index in [0.29, 0.717) is 0 Å². The quantitative estimate of drug-likeness (QED) is 0.163. The summed E-state index contributed by atoms with van der Waals surface area (Å²) < 4.78 is 42.7. The van der Waals surface area contributed by atoms with Crippen LogP contribution in [0.5, 0.6) is 0 Å². The molecule has 20 nitrogen and oxygen atoms in total. The molecule has 0 spiro atoms. The zero-order valence-electron chi connectivity index (χ0n) is 12.4. The second-order valence-electron chi connectivity index (χ2n) is 2.24. The van der Waals surface area contributed by atoms with Gasteiger partial charge in [0.25, 0.3) is 0 Å². The first-order chi connectivity index (χ1) is 10.0. The van der Waals surface area contributed by atoms with Gasteiger partial charge in [-0.1, -0.05) is 0 Å². The molecule has 0 saturated carbocycles. The van der Waals surface area contributed by atoms with Crippen LogP contribution in [0.15, 0.2) is 0 Å². The fraction of sp³-hybridized carbons (Fsp3) is 0. The van der Waals surface area contributed by atoms with Crippen LogP contribution in [0, 0.1) is 41.7 Å². The fourth-order valence-electron chi connectivity index (χ4n) is 0. The van der Waals surface area contributed by atoms with Crippen LogP contribution in [-0.4, -0.2) is 0 Å². The van der Waals surface area contributed by atoms with Gasteiger partial charge in [-0.3, -0.25) is 0 Å². The molecule has 0 unspecified atom stereocenters. The second kappa shape index (κ2) is 26.7.